The van der Waals surface area contributed by atoms with E-state index in [9.17, 15) is 0 Å². The molecule has 0 radical (unpaired) electrons. The van der Waals surface area contributed by atoms with E-state index in [2.05, 4.69) is 51.1 Å². The molecule has 148 valence electrons. The van der Waals surface area contributed by atoms with Crippen molar-refractivity contribution in [2.75, 3.05) is 13.2 Å². The van der Waals surface area contributed by atoms with Crippen molar-refractivity contribution in [1.29, 1.82) is 0 Å². The third kappa shape index (κ3) is 2.37. The number of aryl methyl sites for hydroxylation is 1. The predicted octanol–water partition coefficient (Wildman–Crippen LogP) is 4.84. The van der Waals surface area contributed by atoms with E-state index >= 15 is 0 Å². The first-order valence-corrected chi connectivity index (χ1v) is 10.6. The number of nitrogens with zero attached hydrogens (tertiary/aromatic N) is 2. The third-order valence-corrected chi connectivity index (χ3v) is 7.74. The Morgan fingerprint density at radius 2 is 1.68 bits per heavy atom. The Morgan fingerprint density at radius 3 is 2.39 bits per heavy atom. The van der Waals surface area contributed by atoms with Crippen molar-refractivity contribution in [2.24, 2.45) is 11.3 Å². The maximum absolute atomic E-state index is 6.24. The van der Waals surface area contributed by atoms with Gasteiger partial charge in [-0.2, -0.15) is 0 Å². The van der Waals surface area contributed by atoms with Gasteiger partial charge in [-0.1, -0.05) is 51.1 Å². The minimum Gasteiger partial charge on any atom is -0.347 e. The zero-order chi connectivity index (χ0) is 19.6. The Balaban J connectivity index is 1.65. The zero-order valence-electron chi connectivity index (χ0n) is 17.4. The van der Waals surface area contributed by atoms with Crippen LogP contribution in [0, 0.1) is 18.3 Å². The van der Waals surface area contributed by atoms with Gasteiger partial charge in [0.25, 0.3) is 0 Å². The smallest absolute Gasteiger partial charge is 0.173 e. The number of aromatic nitrogens is 2. The molecule has 2 aromatic rings. The Hall–Kier alpha value is -1.78. The monoisotopic (exact) mass is 378 g/mol. The normalized spacial score (nSPS) is 30.1. The van der Waals surface area contributed by atoms with Crippen LogP contribution in [0.4, 0.5) is 0 Å². The maximum atomic E-state index is 6.24. The van der Waals surface area contributed by atoms with Crippen LogP contribution < -0.4 is 0 Å². The van der Waals surface area contributed by atoms with Crippen LogP contribution >= 0.6 is 0 Å². The fraction of sp³-hybridized carbons (Fsp3) is 0.583. The summed E-state index contributed by atoms with van der Waals surface area (Å²) in [5.41, 5.74) is 4.88. The fourth-order valence-electron chi connectivity index (χ4n) is 6.34. The number of fused-ring (bicyclic) bond motifs is 3. The minimum absolute atomic E-state index is 0.0227. The number of rotatable bonds is 1. The van der Waals surface area contributed by atoms with Crippen molar-refractivity contribution in [3.05, 3.63) is 47.4 Å². The van der Waals surface area contributed by atoms with Gasteiger partial charge in [-0.15, -0.1) is 0 Å². The van der Waals surface area contributed by atoms with Gasteiger partial charge in [0.2, 0.25) is 0 Å². The summed E-state index contributed by atoms with van der Waals surface area (Å²) in [5.74, 6) is 0.905. The van der Waals surface area contributed by atoms with Gasteiger partial charge >= 0.3 is 0 Å². The van der Waals surface area contributed by atoms with Crippen LogP contribution in [0.1, 0.15) is 57.1 Å². The van der Waals surface area contributed by atoms with Crippen molar-refractivity contribution in [2.45, 2.75) is 64.6 Å². The molecule has 1 aromatic heterocycles. The van der Waals surface area contributed by atoms with E-state index in [0.29, 0.717) is 19.1 Å². The largest absolute Gasteiger partial charge is 0.347 e. The van der Waals surface area contributed by atoms with E-state index in [0.717, 1.165) is 37.2 Å². The highest BCUT2D eigenvalue weighted by molar-refractivity contribution is 5.65. The third-order valence-electron chi connectivity index (χ3n) is 7.74. The summed E-state index contributed by atoms with van der Waals surface area (Å²) in [7, 11) is 0. The van der Waals surface area contributed by atoms with Crippen LogP contribution in [-0.2, 0) is 21.3 Å². The summed E-state index contributed by atoms with van der Waals surface area (Å²) >= 11 is 0. The topological polar surface area (TPSA) is 44.2 Å². The predicted molar refractivity (Wildman–Crippen MR) is 109 cm³/mol. The van der Waals surface area contributed by atoms with Crippen LogP contribution in [0.25, 0.3) is 11.3 Å². The van der Waals surface area contributed by atoms with Crippen molar-refractivity contribution in [3.63, 3.8) is 0 Å². The standard InChI is InChI=1S/C24H30N2O2/c1-16-25-20(17-8-6-5-7-9-17)18-10-11-19-22(2,3)24(27-14-15-28-24)13-12-23(19,4)21(18)26-16/h5-9,19H,10-15H2,1-4H3/t19-,23-/m0/s1. The van der Waals surface area contributed by atoms with Crippen LogP contribution in [-0.4, -0.2) is 29.0 Å². The molecule has 0 bridgehead atoms. The average molecular weight is 379 g/mol. The van der Waals surface area contributed by atoms with E-state index in [-0.39, 0.29) is 10.8 Å². The molecule has 2 atom stereocenters. The number of ether oxygens (including phenoxy) is 2. The Morgan fingerprint density at radius 1 is 0.964 bits per heavy atom. The molecule has 2 fully saturated rings. The van der Waals surface area contributed by atoms with E-state index < -0.39 is 5.79 Å². The summed E-state index contributed by atoms with van der Waals surface area (Å²) in [5, 5.41) is 0. The minimum atomic E-state index is -0.432. The summed E-state index contributed by atoms with van der Waals surface area (Å²) in [6.07, 6.45) is 4.10. The van der Waals surface area contributed by atoms with Gasteiger partial charge in [-0.05, 0) is 32.1 Å². The second-order valence-corrected chi connectivity index (χ2v) is 9.49. The fourth-order valence-corrected chi connectivity index (χ4v) is 6.34. The first-order valence-electron chi connectivity index (χ1n) is 10.6. The van der Waals surface area contributed by atoms with Crippen LogP contribution in [0.2, 0.25) is 0 Å². The van der Waals surface area contributed by atoms with Crippen LogP contribution in [0.15, 0.2) is 30.3 Å². The van der Waals surface area contributed by atoms with Gasteiger partial charge in [0, 0.05) is 28.4 Å². The highest BCUT2D eigenvalue weighted by atomic mass is 16.7. The first kappa shape index (κ1) is 18.3. The molecule has 1 saturated heterocycles. The van der Waals surface area contributed by atoms with Gasteiger partial charge in [0.1, 0.15) is 5.82 Å². The van der Waals surface area contributed by atoms with Crippen molar-refractivity contribution in [1.82, 2.24) is 9.97 Å². The lowest BCUT2D eigenvalue weighted by atomic mass is 9.49. The molecular formula is C24H30N2O2. The molecule has 28 heavy (non-hydrogen) atoms. The van der Waals surface area contributed by atoms with Gasteiger partial charge in [-0.25, -0.2) is 9.97 Å². The van der Waals surface area contributed by atoms with Crippen LogP contribution in [0.5, 0.6) is 0 Å². The van der Waals surface area contributed by atoms with E-state index in [1.165, 1.54) is 16.8 Å². The molecule has 0 unspecified atom stereocenters. The molecule has 4 nitrogen and oxygen atoms in total. The average Bonchev–Trinajstić information content (AvgIpc) is 3.17. The highest BCUT2D eigenvalue weighted by Crippen LogP contribution is 2.62. The Bertz CT molecular complexity index is 902. The van der Waals surface area contributed by atoms with Crippen LogP contribution in [0.3, 0.4) is 0 Å². The summed E-state index contributed by atoms with van der Waals surface area (Å²) in [6.45, 7) is 10.6. The van der Waals surface area contributed by atoms with Gasteiger partial charge in [-0.3, -0.25) is 0 Å². The molecule has 1 spiro atoms. The van der Waals surface area contributed by atoms with E-state index in [4.69, 9.17) is 19.4 Å². The van der Waals surface area contributed by atoms with Crippen molar-refractivity contribution >= 4 is 0 Å². The molecule has 5 rings (SSSR count). The second-order valence-electron chi connectivity index (χ2n) is 9.49. The van der Waals surface area contributed by atoms with Crippen molar-refractivity contribution < 1.29 is 9.47 Å². The highest BCUT2D eigenvalue weighted by Gasteiger charge is 2.63. The van der Waals surface area contributed by atoms with Gasteiger partial charge in [0.05, 0.1) is 24.6 Å². The van der Waals surface area contributed by atoms with Crippen molar-refractivity contribution in [3.8, 4) is 11.3 Å². The zero-order valence-corrected chi connectivity index (χ0v) is 17.4. The quantitative estimate of drug-likeness (QED) is 0.712. The lowest BCUT2D eigenvalue weighted by Crippen LogP contribution is -2.61. The van der Waals surface area contributed by atoms with Gasteiger partial charge in [0.15, 0.2) is 5.79 Å². The first-order chi connectivity index (χ1) is 13.4. The molecular weight excluding hydrogens is 348 g/mol. The lowest BCUT2D eigenvalue weighted by Gasteiger charge is -2.59. The summed E-state index contributed by atoms with van der Waals surface area (Å²) in [4.78, 5) is 9.92. The molecule has 0 amide bonds. The molecule has 1 saturated carbocycles. The molecule has 4 heteroatoms. The number of benzene rings is 1. The summed E-state index contributed by atoms with van der Waals surface area (Å²) < 4.78 is 12.5. The van der Waals surface area contributed by atoms with Gasteiger partial charge < -0.3 is 9.47 Å². The SMILES string of the molecule is Cc1nc(-c2ccccc2)c2c(n1)[C@@]1(C)CCC3(OCCO3)C(C)(C)[C@@H]1CC2. The Labute approximate surface area is 167 Å². The van der Waals surface area contributed by atoms with E-state index in [1.807, 2.05) is 6.92 Å². The molecule has 2 heterocycles. The number of hydrogen-bond donors (Lipinski definition) is 0. The lowest BCUT2D eigenvalue weighted by molar-refractivity contribution is -0.276. The Kier molecular flexibility index (Phi) is 3.98. The number of hydrogen-bond acceptors (Lipinski definition) is 4. The summed E-state index contributed by atoms with van der Waals surface area (Å²) in [6, 6.07) is 10.6. The van der Waals surface area contributed by atoms with E-state index in [1.54, 1.807) is 0 Å². The molecule has 1 aromatic carbocycles. The maximum Gasteiger partial charge on any atom is 0.173 e. The molecule has 1 aliphatic heterocycles. The second kappa shape index (κ2) is 6.11. The molecule has 3 aliphatic rings. The molecule has 2 aliphatic carbocycles. The molecule has 0 N–H and O–H groups in total.